The van der Waals surface area contributed by atoms with Crippen LogP contribution in [0.4, 0.5) is 0 Å². The number of nitrogens with zero attached hydrogens (tertiary/aromatic N) is 2. The highest BCUT2D eigenvalue weighted by Gasteiger charge is 2.14. The first kappa shape index (κ1) is 13.4. The Morgan fingerprint density at radius 2 is 2.39 bits per heavy atom. The molecule has 1 aromatic rings. The van der Waals surface area contributed by atoms with Gasteiger partial charge in [0, 0.05) is 38.6 Å². The lowest BCUT2D eigenvalue weighted by Crippen LogP contribution is -2.30. The maximum absolute atomic E-state index is 11.3. The van der Waals surface area contributed by atoms with Crippen molar-refractivity contribution in [2.75, 3.05) is 26.7 Å². The quantitative estimate of drug-likeness (QED) is 0.825. The van der Waals surface area contributed by atoms with Gasteiger partial charge in [-0.05, 0) is 32.7 Å². The number of hydrogen-bond acceptors (Lipinski definition) is 3. The Kier molecular flexibility index (Phi) is 5.01. The van der Waals surface area contributed by atoms with Gasteiger partial charge in [0.15, 0.2) is 0 Å². The Balaban J connectivity index is 1.64. The molecule has 2 heterocycles. The highest BCUT2D eigenvalue weighted by atomic mass is 16.5. The maximum atomic E-state index is 11.3. The molecule has 1 fully saturated rings. The fourth-order valence-electron chi connectivity index (χ4n) is 2.31. The fourth-order valence-corrected chi connectivity index (χ4v) is 2.31. The molecule has 0 radical (unpaired) electrons. The molecule has 0 saturated carbocycles. The number of aromatic nitrogens is 2. The van der Waals surface area contributed by atoms with Crippen LogP contribution in [0.25, 0.3) is 0 Å². The molecule has 18 heavy (non-hydrogen) atoms. The molecule has 0 amide bonds. The maximum Gasteiger partial charge on any atom is 0.325 e. The lowest BCUT2D eigenvalue weighted by Gasteiger charge is -2.25. The Labute approximate surface area is 108 Å². The van der Waals surface area contributed by atoms with Gasteiger partial charge in [0.2, 0.25) is 0 Å². The second-order valence-corrected chi connectivity index (χ2v) is 5.04. The number of nitrogens with one attached hydrogen (secondary N) is 1. The largest absolute Gasteiger partial charge is 0.378 e. The lowest BCUT2D eigenvalue weighted by atomic mass is 10.1. The van der Waals surface area contributed by atoms with Gasteiger partial charge in [-0.1, -0.05) is 0 Å². The fraction of sp³-hybridized carbons (Fsp3) is 0.769. The van der Waals surface area contributed by atoms with Gasteiger partial charge in [-0.3, -0.25) is 4.57 Å². The van der Waals surface area contributed by atoms with E-state index in [0.29, 0.717) is 6.10 Å². The molecule has 0 spiro atoms. The first-order valence-corrected chi connectivity index (χ1v) is 6.79. The molecule has 1 aromatic heterocycles. The monoisotopic (exact) mass is 253 g/mol. The summed E-state index contributed by atoms with van der Waals surface area (Å²) in [6, 6.07) is 0. The van der Waals surface area contributed by atoms with Gasteiger partial charge in [0.25, 0.3) is 0 Å². The average Bonchev–Trinajstić information content (AvgIpc) is 2.81. The van der Waals surface area contributed by atoms with E-state index >= 15 is 0 Å². The molecule has 1 aliphatic heterocycles. The van der Waals surface area contributed by atoms with Crippen LogP contribution in [-0.2, 0) is 11.3 Å². The van der Waals surface area contributed by atoms with Crippen molar-refractivity contribution < 1.29 is 4.74 Å². The van der Waals surface area contributed by atoms with Crippen LogP contribution in [0.3, 0.4) is 0 Å². The smallest absolute Gasteiger partial charge is 0.325 e. The van der Waals surface area contributed by atoms with Crippen molar-refractivity contribution >= 4 is 0 Å². The van der Waals surface area contributed by atoms with Crippen molar-refractivity contribution in [1.29, 1.82) is 0 Å². The summed E-state index contributed by atoms with van der Waals surface area (Å²) in [4.78, 5) is 16.2. The molecule has 0 aliphatic carbocycles. The molecule has 0 unspecified atom stereocenters. The topological polar surface area (TPSA) is 50.3 Å². The van der Waals surface area contributed by atoms with Gasteiger partial charge in [0.05, 0.1) is 6.10 Å². The number of H-pyrrole nitrogens is 1. The van der Waals surface area contributed by atoms with Crippen molar-refractivity contribution in [3.8, 4) is 0 Å². The van der Waals surface area contributed by atoms with Gasteiger partial charge in [-0.25, -0.2) is 4.79 Å². The number of likely N-dealkylation sites (N-methyl/N-ethyl adjacent to an activating group) is 1. The van der Waals surface area contributed by atoms with Crippen molar-refractivity contribution in [2.45, 2.75) is 38.3 Å². The Hall–Kier alpha value is -1.07. The van der Waals surface area contributed by atoms with E-state index in [0.717, 1.165) is 32.7 Å². The van der Waals surface area contributed by atoms with Crippen molar-refractivity contribution in [3.05, 3.63) is 22.9 Å². The second-order valence-electron chi connectivity index (χ2n) is 5.04. The highest BCUT2D eigenvalue weighted by molar-refractivity contribution is 4.76. The predicted molar refractivity (Wildman–Crippen MR) is 70.8 cm³/mol. The van der Waals surface area contributed by atoms with E-state index < -0.39 is 0 Å². The molecule has 5 nitrogen and oxygen atoms in total. The van der Waals surface area contributed by atoms with Crippen molar-refractivity contribution in [2.24, 2.45) is 0 Å². The zero-order chi connectivity index (χ0) is 12.8. The normalized spacial score (nSPS) is 20.4. The summed E-state index contributed by atoms with van der Waals surface area (Å²) in [5.41, 5.74) is -0.0287. The molecule has 1 aliphatic rings. The minimum Gasteiger partial charge on any atom is -0.378 e. The minimum atomic E-state index is -0.0287. The average molecular weight is 253 g/mol. The van der Waals surface area contributed by atoms with E-state index in [2.05, 4.69) is 16.9 Å². The molecule has 1 N–H and O–H groups in total. The summed E-state index contributed by atoms with van der Waals surface area (Å²) >= 11 is 0. The summed E-state index contributed by atoms with van der Waals surface area (Å²) in [6.07, 6.45) is 8.72. The summed E-state index contributed by atoms with van der Waals surface area (Å²) in [7, 11) is 2.10. The van der Waals surface area contributed by atoms with Crippen LogP contribution in [0, 0.1) is 0 Å². The van der Waals surface area contributed by atoms with Gasteiger partial charge in [-0.15, -0.1) is 0 Å². The number of imidazole rings is 1. The highest BCUT2D eigenvalue weighted by Crippen LogP contribution is 2.15. The SMILES string of the molecule is CN(CC[C@@H]1CCCCO1)CCn1cc[nH]c1=O. The molecule has 1 atom stereocenters. The number of hydrogen-bond donors (Lipinski definition) is 1. The van der Waals surface area contributed by atoms with Crippen LogP contribution >= 0.6 is 0 Å². The first-order valence-electron chi connectivity index (χ1n) is 6.79. The van der Waals surface area contributed by atoms with Crippen LogP contribution in [-0.4, -0.2) is 47.3 Å². The second kappa shape index (κ2) is 6.75. The van der Waals surface area contributed by atoms with E-state index in [-0.39, 0.29) is 5.69 Å². The summed E-state index contributed by atoms with van der Waals surface area (Å²) < 4.78 is 7.41. The number of ether oxygens (including phenoxy) is 1. The van der Waals surface area contributed by atoms with Gasteiger partial charge in [0.1, 0.15) is 0 Å². The molecule has 5 heteroatoms. The number of aromatic amines is 1. The van der Waals surface area contributed by atoms with Gasteiger partial charge < -0.3 is 14.6 Å². The van der Waals surface area contributed by atoms with E-state index in [1.54, 1.807) is 17.0 Å². The van der Waals surface area contributed by atoms with E-state index in [9.17, 15) is 4.79 Å². The van der Waals surface area contributed by atoms with Crippen LogP contribution in [0.2, 0.25) is 0 Å². The van der Waals surface area contributed by atoms with Gasteiger partial charge >= 0.3 is 5.69 Å². The molecule has 102 valence electrons. The molecule has 0 aromatic carbocycles. The zero-order valence-corrected chi connectivity index (χ0v) is 11.1. The molecule has 0 bridgehead atoms. The van der Waals surface area contributed by atoms with Crippen LogP contribution < -0.4 is 5.69 Å². The van der Waals surface area contributed by atoms with Crippen LogP contribution in [0.5, 0.6) is 0 Å². The molecule has 1 saturated heterocycles. The summed E-state index contributed by atoms with van der Waals surface area (Å²) in [5.74, 6) is 0. The summed E-state index contributed by atoms with van der Waals surface area (Å²) in [6.45, 7) is 3.59. The molecular weight excluding hydrogens is 230 g/mol. The predicted octanol–water partition coefficient (Wildman–Crippen LogP) is 1.07. The van der Waals surface area contributed by atoms with Crippen molar-refractivity contribution in [1.82, 2.24) is 14.5 Å². The van der Waals surface area contributed by atoms with Crippen molar-refractivity contribution in [3.63, 3.8) is 0 Å². The Bertz CT molecular complexity index is 393. The van der Waals surface area contributed by atoms with E-state index in [1.165, 1.54) is 19.3 Å². The minimum absolute atomic E-state index is 0.0287. The standard InChI is InChI=1S/C13H23N3O2/c1-15(7-5-12-4-2-3-11-18-12)9-10-16-8-6-14-13(16)17/h6,8,12H,2-5,7,9-11H2,1H3,(H,14,17)/t12-/m0/s1. The third-order valence-corrected chi connectivity index (χ3v) is 3.55. The lowest BCUT2D eigenvalue weighted by molar-refractivity contribution is 0.00663. The molecular formula is C13H23N3O2. The van der Waals surface area contributed by atoms with E-state index in [1.807, 2.05) is 0 Å². The molecule has 2 rings (SSSR count). The van der Waals surface area contributed by atoms with E-state index in [4.69, 9.17) is 4.74 Å². The number of rotatable bonds is 6. The first-order chi connectivity index (χ1) is 8.75. The summed E-state index contributed by atoms with van der Waals surface area (Å²) in [5, 5.41) is 0. The third-order valence-electron chi connectivity index (χ3n) is 3.55. The Morgan fingerprint density at radius 1 is 1.50 bits per heavy atom. The van der Waals surface area contributed by atoms with Gasteiger partial charge in [-0.2, -0.15) is 0 Å². The Morgan fingerprint density at radius 3 is 3.06 bits per heavy atom. The zero-order valence-electron chi connectivity index (χ0n) is 11.1. The van der Waals surface area contributed by atoms with Crippen LogP contribution in [0.15, 0.2) is 17.2 Å². The van der Waals surface area contributed by atoms with Crippen LogP contribution in [0.1, 0.15) is 25.7 Å². The third kappa shape index (κ3) is 3.99.